The first kappa shape index (κ1) is 9.84. The zero-order chi connectivity index (χ0) is 11.3. The quantitative estimate of drug-likeness (QED) is 0.889. The second kappa shape index (κ2) is 3.31. The molecule has 1 fully saturated rings. The Balaban J connectivity index is 2.31. The van der Waals surface area contributed by atoms with Crippen LogP contribution in [-0.2, 0) is 0 Å². The number of carbonyl (C=O) groups is 1. The molecule has 2 N–H and O–H groups in total. The lowest BCUT2D eigenvalue weighted by Gasteiger charge is -1.99. The van der Waals surface area contributed by atoms with Crippen LogP contribution in [0.3, 0.4) is 0 Å². The van der Waals surface area contributed by atoms with Crippen LogP contribution in [0.1, 0.15) is 34.8 Å². The third-order valence-corrected chi connectivity index (χ3v) is 3.33. The molecule has 1 aromatic carbocycles. The maximum Gasteiger partial charge on any atom is 0.338 e. The Kier molecular flexibility index (Phi) is 2.04. The van der Waals surface area contributed by atoms with Crippen molar-refractivity contribution >= 4 is 32.8 Å². The molecule has 5 heteroatoms. The van der Waals surface area contributed by atoms with Gasteiger partial charge in [0.2, 0.25) is 0 Å². The predicted molar refractivity (Wildman–Crippen MR) is 62.7 cm³/mol. The third kappa shape index (κ3) is 1.43. The smallest absolute Gasteiger partial charge is 0.338 e. The molecule has 1 heterocycles. The van der Waals surface area contributed by atoms with Crippen molar-refractivity contribution in [2.45, 2.75) is 18.8 Å². The Morgan fingerprint density at radius 3 is 2.88 bits per heavy atom. The van der Waals surface area contributed by atoms with Crippen LogP contribution in [0.5, 0.6) is 0 Å². The first-order valence-corrected chi connectivity index (χ1v) is 5.87. The van der Waals surface area contributed by atoms with Crippen molar-refractivity contribution < 1.29 is 9.90 Å². The van der Waals surface area contributed by atoms with Crippen molar-refractivity contribution in [3.05, 3.63) is 27.9 Å². The summed E-state index contributed by atoms with van der Waals surface area (Å²) in [6.45, 7) is 0. The number of aromatic amines is 1. The van der Waals surface area contributed by atoms with Gasteiger partial charge in [-0.3, -0.25) is 5.10 Å². The minimum Gasteiger partial charge on any atom is -0.478 e. The van der Waals surface area contributed by atoms with Gasteiger partial charge >= 0.3 is 5.97 Å². The first-order chi connectivity index (χ1) is 7.66. The Morgan fingerprint density at radius 1 is 1.50 bits per heavy atom. The van der Waals surface area contributed by atoms with E-state index in [-0.39, 0.29) is 5.56 Å². The van der Waals surface area contributed by atoms with Crippen molar-refractivity contribution in [2.24, 2.45) is 0 Å². The van der Waals surface area contributed by atoms with Gasteiger partial charge in [-0.2, -0.15) is 5.10 Å². The lowest BCUT2D eigenvalue weighted by Crippen LogP contribution is -1.97. The zero-order valence-electron chi connectivity index (χ0n) is 8.33. The molecular formula is C11H9BrN2O2. The van der Waals surface area contributed by atoms with Gasteiger partial charge in [0.1, 0.15) is 5.52 Å². The van der Waals surface area contributed by atoms with Crippen LogP contribution in [0.25, 0.3) is 10.9 Å². The molecular weight excluding hydrogens is 272 g/mol. The third-order valence-electron chi connectivity index (χ3n) is 2.87. The first-order valence-electron chi connectivity index (χ1n) is 5.07. The minimum atomic E-state index is -0.944. The van der Waals surface area contributed by atoms with Crippen molar-refractivity contribution in [3.8, 4) is 0 Å². The summed E-state index contributed by atoms with van der Waals surface area (Å²) < 4.78 is 0.778. The minimum absolute atomic E-state index is 0.243. The van der Waals surface area contributed by atoms with Crippen molar-refractivity contribution in [2.75, 3.05) is 0 Å². The summed E-state index contributed by atoms with van der Waals surface area (Å²) in [6, 6.07) is 3.51. The highest BCUT2D eigenvalue weighted by atomic mass is 79.9. The molecule has 1 aliphatic rings. The summed E-state index contributed by atoms with van der Waals surface area (Å²) >= 11 is 3.33. The van der Waals surface area contributed by atoms with Crippen LogP contribution in [0.4, 0.5) is 0 Å². The second-order valence-corrected chi connectivity index (χ2v) is 4.98. The predicted octanol–water partition coefficient (Wildman–Crippen LogP) is 2.90. The SMILES string of the molecule is O=C(O)c1cc(Br)cc2c(C3CC3)[nH]nc12. The average Bonchev–Trinajstić information content (AvgIpc) is 2.98. The van der Waals surface area contributed by atoms with E-state index in [9.17, 15) is 4.79 Å². The molecule has 82 valence electrons. The summed E-state index contributed by atoms with van der Waals surface area (Å²) in [5.74, 6) is -0.416. The van der Waals surface area contributed by atoms with Crippen molar-refractivity contribution in [3.63, 3.8) is 0 Å². The number of benzene rings is 1. The molecule has 0 saturated heterocycles. The molecule has 1 aliphatic carbocycles. The van der Waals surface area contributed by atoms with Crippen LogP contribution in [-0.4, -0.2) is 21.3 Å². The standard InChI is InChI=1S/C11H9BrN2O2/c12-6-3-7-9(5-1-2-5)13-14-10(7)8(4-6)11(15)16/h3-5H,1-2H2,(H,13,14)(H,15,16). The van der Waals surface area contributed by atoms with E-state index in [4.69, 9.17) is 5.11 Å². The molecule has 16 heavy (non-hydrogen) atoms. The highest BCUT2D eigenvalue weighted by Gasteiger charge is 2.28. The van der Waals surface area contributed by atoms with Crippen molar-refractivity contribution in [1.29, 1.82) is 0 Å². The van der Waals surface area contributed by atoms with Gasteiger partial charge in [-0.1, -0.05) is 15.9 Å². The largest absolute Gasteiger partial charge is 0.478 e. The summed E-state index contributed by atoms with van der Waals surface area (Å²) in [5, 5.41) is 17.1. The van der Waals surface area contributed by atoms with Gasteiger partial charge in [-0.25, -0.2) is 4.79 Å². The molecule has 0 bridgehead atoms. The van der Waals surface area contributed by atoms with Gasteiger partial charge in [0.15, 0.2) is 0 Å². The molecule has 1 saturated carbocycles. The van der Waals surface area contributed by atoms with Crippen LogP contribution in [0.15, 0.2) is 16.6 Å². The number of nitrogens with one attached hydrogen (secondary N) is 1. The topological polar surface area (TPSA) is 66.0 Å². The van der Waals surface area contributed by atoms with E-state index in [0.717, 1.165) is 28.4 Å². The maximum absolute atomic E-state index is 11.1. The van der Waals surface area contributed by atoms with Gasteiger partial charge in [0, 0.05) is 21.5 Å². The number of hydrogen-bond donors (Lipinski definition) is 2. The number of aromatic carboxylic acids is 1. The van der Waals surface area contributed by atoms with E-state index in [1.807, 2.05) is 6.07 Å². The summed E-state index contributed by atoms with van der Waals surface area (Å²) in [4.78, 5) is 11.1. The van der Waals surface area contributed by atoms with Gasteiger partial charge in [-0.05, 0) is 25.0 Å². The molecule has 0 radical (unpaired) electrons. The molecule has 0 atom stereocenters. The van der Waals surface area contributed by atoms with Gasteiger partial charge in [0.05, 0.1) is 5.56 Å². The number of carboxylic acids is 1. The number of halogens is 1. The summed E-state index contributed by atoms with van der Waals surface area (Å²) in [7, 11) is 0. The van der Waals surface area contributed by atoms with E-state index in [1.165, 1.54) is 0 Å². The zero-order valence-corrected chi connectivity index (χ0v) is 9.91. The summed E-state index contributed by atoms with van der Waals surface area (Å²) in [5.41, 5.74) is 1.86. The van der Waals surface area contributed by atoms with E-state index >= 15 is 0 Å². The normalized spacial score (nSPS) is 15.6. The number of aromatic nitrogens is 2. The van der Waals surface area contributed by atoms with Gasteiger partial charge in [-0.15, -0.1) is 0 Å². The molecule has 0 amide bonds. The van der Waals surface area contributed by atoms with Crippen molar-refractivity contribution in [1.82, 2.24) is 10.2 Å². The second-order valence-electron chi connectivity index (χ2n) is 4.07. The Bertz CT molecular complexity index is 587. The Labute approximate surface area is 99.8 Å². The fourth-order valence-corrected chi connectivity index (χ4v) is 2.41. The highest BCUT2D eigenvalue weighted by Crippen LogP contribution is 2.42. The van der Waals surface area contributed by atoms with E-state index in [1.54, 1.807) is 6.07 Å². The lowest BCUT2D eigenvalue weighted by molar-refractivity contribution is 0.0698. The number of fused-ring (bicyclic) bond motifs is 1. The summed E-state index contributed by atoms with van der Waals surface area (Å²) in [6.07, 6.45) is 2.32. The van der Waals surface area contributed by atoms with Crippen LogP contribution in [0.2, 0.25) is 0 Å². The van der Waals surface area contributed by atoms with Gasteiger partial charge in [0.25, 0.3) is 0 Å². The molecule has 0 spiro atoms. The van der Waals surface area contributed by atoms with Gasteiger partial charge < -0.3 is 5.11 Å². The fraction of sp³-hybridized carbons (Fsp3) is 0.273. The monoisotopic (exact) mass is 280 g/mol. The number of nitrogens with zero attached hydrogens (tertiary/aromatic N) is 1. The number of hydrogen-bond acceptors (Lipinski definition) is 2. The molecule has 1 aromatic heterocycles. The molecule has 4 nitrogen and oxygen atoms in total. The maximum atomic E-state index is 11.1. The molecule has 3 rings (SSSR count). The van der Waals surface area contributed by atoms with E-state index in [2.05, 4.69) is 26.1 Å². The van der Waals surface area contributed by atoms with Crippen LogP contribution >= 0.6 is 15.9 Å². The Morgan fingerprint density at radius 2 is 2.25 bits per heavy atom. The lowest BCUT2D eigenvalue weighted by atomic mass is 10.1. The molecule has 2 aromatic rings. The fourth-order valence-electron chi connectivity index (χ4n) is 1.95. The average molecular weight is 281 g/mol. The van der Waals surface area contributed by atoms with Crippen LogP contribution < -0.4 is 0 Å². The van der Waals surface area contributed by atoms with Crippen LogP contribution in [0, 0.1) is 0 Å². The van der Waals surface area contributed by atoms with E-state index < -0.39 is 5.97 Å². The highest BCUT2D eigenvalue weighted by molar-refractivity contribution is 9.10. The molecule has 0 aliphatic heterocycles. The number of rotatable bonds is 2. The van der Waals surface area contributed by atoms with E-state index in [0.29, 0.717) is 11.4 Å². The number of H-pyrrole nitrogens is 1. The Hall–Kier alpha value is -1.36. The number of carboxylic acid groups (broad SMARTS) is 1. The molecule has 0 unspecified atom stereocenters.